The smallest absolute Gasteiger partial charge is 0.231 e. The molecule has 0 atom stereocenters. The first kappa shape index (κ1) is 11.3. The van der Waals surface area contributed by atoms with Crippen molar-refractivity contribution in [3.05, 3.63) is 22.2 Å². The summed E-state index contributed by atoms with van der Waals surface area (Å²) in [6.45, 7) is 5.52. The molecule has 0 bridgehead atoms. The fraction of sp³-hybridized carbons (Fsp3) is 0.500. The van der Waals surface area contributed by atoms with Gasteiger partial charge in [0.15, 0.2) is 11.5 Å². The zero-order valence-corrected chi connectivity index (χ0v) is 11.1. The zero-order chi connectivity index (χ0) is 11.7. The zero-order valence-electron chi connectivity index (χ0n) is 9.54. The summed E-state index contributed by atoms with van der Waals surface area (Å²) < 4.78 is 12.1. The first-order valence-corrected chi connectivity index (χ1v) is 6.64. The number of halogens is 1. The first-order valence-electron chi connectivity index (χ1n) is 5.84. The van der Waals surface area contributed by atoms with Crippen LogP contribution in [0, 0.1) is 0 Å². The normalized spacial score (nSPS) is 19.6. The van der Waals surface area contributed by atoms with E-state index in [9.17, 15) is 0 Å². The third-order valence-electron chi connectivity index (χ3n) is 3.18. The summed E-state index contributed by atoms with van der Waals surface area (Å²) in [4.78, 5) is 2.43. The van der Waals surface area contributed by atoms with Crippen LogP contribution in [0.5, 0.6) is 11.5 Å². The number of rotatable bonds is 2. The molecule has 0 amide bonds. The number of nitrogens with one attached hydrogen (secondary N) is 1. The molecule has 4 nitrogen and oxygen atoms in total. The molecule has 1 saturated heterocycles. The van der Waals surface area contributed by atoms with Crippen molar-refractivity contribution in [3.8, 4) is 11.5 Å². The Hall–Kier alpha value is -0.780. The molecule has 92 valence electrons. The summed E-state index contributed by atoms with van der Waals surface area (Å²) in [5.41, 5.74) is 1.20. The maximum Gasteiger partial charge on any atom is 0.231 e. The van der Waals surface area contributed by atoms with E-state index in [1.54, 1.807) is 0 Å². The van der Waals surface area contributed by atoms with E-state index in [2.05, 4.69) is 26.1 Å². The van der Waals surface area contributed by atoms with Crippen LogP contribution in [0.15, 0.2) is 16.6 Å². The molecule has 2 aliphatic heterocycles. The SMILES string of the molecule is Brc1ccc2c(c1CN1CCNCC1)OCO2. The summed E-state index contributed by atoms with van der Waals surface area (Å²) >= 11 is 3.60. The number of fused-ring (bicyclic) bond motifs is 1. The molecule has 1 aromatic rings. The molecule has 3 rings (SSSR count). The van der Waals surface area contributed by atoms with E-state index in [-0.39, 0.29) is 0 Å². The Morgan fingerprint density at radius 2 is 2.06 bits per heavy atom. The molecule has 0 aliphatic carbocycles. The molecule has 0 unspecified atom stereocenters. The Kier molecular flexibility index (Phi) is 3.22. The van der Waals surface area contributed by atoms with Gasteiger partial charge in [0.1, 0.15) is 0 Å². The van der Waals surface area contributed by atoms with Gasteiger partial charge in [-0.3, -0.25) is 4.90 Å². The summed E-state index contributed by atoms with van der Waals surface area (Å²) in [5, 5.41) is 3.36. The number of benzene rings is 1. The van der Waals surface area contributed by atoms with Gasteiger partial charge in [-0.25, -0.2) is 0 Å². The third-order valence-corrected chi connectivity index (χ3v) is 3.92. The van der Waals surface area contributed by atoms with Gasteiger partial charge >= 0.3 is 0 Å². The Balaban J connectivity index is 1.84. The van der Waals surface area contributed by atoms with Crippen LogP contribution in [-0.2, 0) is 6.54 Å². The van der Waals surface area contributed by atoms with Gasteiger partial charge in [0, 0.05) is 42.8 Å². The minimum atomic E-state index is 0.334. The standard InChI is InChI=1S/C12H15BrN2O2/c13-10-1-2-11-12(17-8-16-11)9(10)7-15-5-3-14-4-6-15/h1-2,14H,3-8H2. The van der Waals surface area contributed by atoms with E-state index >= 15 is 0 Å². The van der Waals surface area contributed by atoms with E-state index in [0.29, 0.717) is 6.79 Å². The molecule has 1 N–H and O–H groups in total. The maximum absolute atomic E-state index is 5.56. The molecule has 5 heteroatoms. The average molecular weight is 299 g/mol. The number of ether oxygens (including phenoxy) is 2. The largest absolute Gasteiger partial charge is 0.454 e. The van der Waals surface area contributed by atoms with Gasteiger partial charge < -0.3 is 14.8 Å². The Morgan fingerprint density at radius 1 is 1.24 bits per heavy atom. The summed E-state index contributed by atoms with van der Waals surface area (Å²) in [6, 6.07) is 3.98. The minimum absolute atomic E-state index is 0.334. The lowest BCUT2D eigenvalue weighted by atomic mass is 10.1. The van der Waals surface area contributed by atoms with Gasteiger partial charge in [0.25, 0.3) is 0 Å². The van der Waals surface area contributed by atoms with Gasteiger partial charge in [-0.2, -0.15) is 0 Å². The fourth-order valence-electron chi connectivity index (χ4n) is 2.25. The molecular weight excluding hydrogens is 284 g/mol. The van der Waals surface area contributed by atoms with Crippen LogP contribution < -0.4 is 14.8 Å². The van der Waals surface area contributed by atoms with E-state index in [4.69, 9.17) is 9.47 Å². The molecule has 0 aromatic heterocycles. The van der Waals surface area contributed by atoms with Crippen LogP contribution in [0.25, 0.3) is 0 Å². The van der Waals surface area contributed by atoms with E-state index in [1.807, 2.05) is 12.1 Å². The van der Waals surface area contributed by atoms with Gasteiger partial charge in [0.05, 0.1) is 0 Å². The third kappa shape index (κ3) is 2.27. The van der Waals surface area contributed by atoms with Crippen LogP contribution in [0.4, 0.5) is 0 Å². The highest BCUT2D eigenvalue weighted by Gasteiger charge is 2.22. The lowest BCUT2D eigenvalue weighted by Gasteiger charge is -2.27. The van der Waals surface area contributed by atoms with Crippen molar-refractivity contribution in [2.24, 2.45) is 0 Å². The van der Waals surface area contributed by atoms with Crippen molar-refractivity contribution in [1.29, 1.82) is 0 Å². The molecule has 17 heavy (non-hydrogen) atoms. The van der Waals surface area contributed by atoms with Gasteiger partial charge in [-0.15, -0.1) is 0 Å². The molecule has 0 saturated carbocycles. The van der Waals surface area contributed by atoms with Crippen molar-refractivity contribution < 1.29 is 9.47 Å². The van der Waals surface area contributed by atoms with Crippen LogP contribution in [0.1, 0.15) is 5.56 Å². The van der Waals surface area contributed by atoms with Crippen LogP contribution in [-0.4, -0.2) is 37.9 Å². The van der Waals surface area contributed by atoms with Gasteiger partial charge in [-0.05, 0) is 12.1 Å². The second kappa shape index (κ2) is 4.84. The Bertz CT molecular complexity index is 419. The molecule has 0 spiro atoms. The molecule has 0 radical (unpaired) electrons. The lowest BCUT2D eigenvalue weighted by molar-refractivity contribution is 0.171. The van der Waals surface area contributed by atoms with Crippen molar-refractivity contribution in [1.82, 2.24) is 10.2 Å². The Labute approximate surface area is 109 Å². The second-order valence-electron chi connectivity index (χ2n) is 4.29. The number of nitrogens with zero attached hydrogens (tertiary/aromatic N) is 1. The molecule has 2 aliphatic rings. The van der Waals surface area contributed by atoms with E-state index in [0.717, 1.165) is 48.7 Å². The quantitative estimate of drug-likeness (QED) is 0.899. The molecule has 1 aromatic carbocycles. The van der Waals surface area contributed by atoms with Crippen molar-refractivity contribution in [2.75, 3.05) is 33.0 Å². The topological polar surface area (TPSA) is 33.7 Å². The van der Waals surface area contributed by atoms with Gasteiger partial charge in [0.2, 0.25) is 6.79 Å². The van der Waals surface area contributed by atoms with E-state index < -0.39 is 0 Å². The number of hydrogen-bond acceptors (Lipinski definition) is 4. The maximum atomic E-state index is 5.56. The van der Waals surface area contributed by atoms with Crippen LogP contribution >= 0.6 is 15.9 Å². The highest BCUT2D eigenvalue weighted by molar-refractivity contribution is 9.10. The molecular formula is C12H15BrN2O2. The van der Waals surface area contributed by atoms with Crippen molar-refractivity contribution >= 4 is 15.9 Å². The highest BCUT2D eigenvalue weighted by atomic mass is 79.9. The second-order valence-corrected chi connectivity index (χ2v) is 5.14. The first-order chi connectivity index (χ1) is 8.34. The predicted octanol–water partition coefficient (Wildman–Crippen LogP) is 1.58. The van der Waals surface area contributed by atoms with Crippen LogP contribution in [0.2, 0.25) is 0 Å². The van der Waals surface area contributed by atoms with E-state index in [1.165, 1.54) is 5.56 Å². The van der Waals surface area contributed by atoms with Gasteiger partial charge in [-0.1, -0.05) is 15.9 Å². The highest BCUT2D eigenvalue weighted by Crippen LogP contribution is 2.40. The lowest BCUT2D eigenvalue weighted by Crippen LogP contribution is -2.42. The van der Waals surface area contributed by atoms with Crippen molar-refractivity contribution in [3.63, 3.8) is 0 Å². The Morgan fingerprint density at radius 3 is 2.88 bits per heavy atom. The average Bonchev–Trinajstić information content (AvgIpc) is 2.83. The van der Waals surface area contributed by atoms with Crippen LogP contribution in [0.3, 0.4) is 0 Å². The van der Waals surface area contributed by atoms with Crippen molar-refractivity contribution in [2.45, 2.75) is 6.54 Å². The molecule has 2 heterocycles. The monoisotopic (exact) mass is 298 g/mol. The fourth-order valence-corrected chi connectivity index (χ4v) is 2.68. The minimum Gasteiger partial charge on any atom is -0.454 e. The summed E-state index contributed by atoms with van der Waals surface area (Å²) in [7, 11) is 0. The predicted molar refractivity (Wildman–Crippen MR) is 68.4 cm³/mol. The molecule has 1 fully saturated rings. The summed E-state index contributed by atoms with van der Waals surface area (Å²) in [6.07, 6.45) is 0. The number of hydrogen-bond donors (Lipinski definition) is 1. The number of piperazine rings is 1. The summed E-state index contributed by atoms with van der Waals surface area (Å²) in [5.74, 6) is 1.76.